The zero-order valence-electron chi connectivity index (χ0n) is 26.4. The molecule has 0 saturated carbocycles. The summed E-state index contributed by atoms with van der Waals surface area (Å²) in [6.07, 6.45) is 2.69. The smallest absolute Gasteiger partial charge is 0.410 e. The van der Waals surface area contributed by atoms with Gasteiger partial charge in [0.2, 0.25) is 15.9 Å². The monoisotopic (exact) mass is 654 g/mol. The Hall–Kier alpha value is -3.06. The maximum Gasteiger partial charge on any atom is 0.410 e. The van der Waals surface area contributed by atoms with Crippen LogP contribution < -0.4 is 14.5 Å². The van der Waals surface area contributed by atoms with E-state index in [4.69, 9.17) is 4.74 Å². The lowest BCUT2D eigenvalue weighted by atomic mass is 10.1. The van der Waals surface area contributed by atoms with Crippen molar-refractivity contribution in [3.05, 3.63) is 48.0 Å². The fourth-order valence-electron chi connectivity index (χ4n) is 4.57. The molecule has 44 heavy (non-hydrogen) atoms. The molecule has 1 heterocycles. The number of alkyl halides is 2. The molecule has 1 aliphatic rings. The number of anilines is 3. The molecule has 2 aromatic rings. The van der Waals surface area contributed by atoms with Crippen LogP contribution in [-0.4, -0.2) is 82.1 Å². The number of unbranched alkanes of at least 4 members (excludes halogenated alkanes) is 2. The summed E-state index contributed by atoms with van der Waals surface area (Å²) in [5, 5.41) is 2.88. The quantitative estimate of drug-likeness (QED) is 0.201. The zero-order chi connectivity index (χ0) is 32.7. The maximum atomic E-state index is 13.5. The van der Waals surface area contributed by atoms with E-state index in [1.807, 2.05) is 37.8 Å². The number of rotatable bonds is 12. The lowest BCUT2D eigenvalue weighted by Gasteiger charge is -2.37. The van der Waals surface area contributed by atoms with Crippen molar-refractivity contribution in [1.29, 1.82) is 0 Å². The number of sulfonamides is 1. The summed E-state index contributed by atoms with van der Waals surface area (Å²) in [7, 11) is -2.24. The normalized spacial score (nSPS) is 14.4. The second-order valence-corrected chi connectivity index (χ2v) is 15.3. The Morgan fingerprint density at radius 3 is 2.18 bits per heavy atom. The largest absolute Gasteiger partial charge is 0.444 e. The van der Waals surface area contributed by atoms with E-state index < -0.39 is 27.5 Å². The Balaban J connectivity index is 1.68. The van der Waals surface area contributed by atoms with Gasteiger partial charge < -0.3 is 19.9 Å². The fourth-order valence-corrected chi connectivity index (χ4v) is 6.00. The van der Waals surface area contributed by atoms with Crippen molar-refractivity contribution in [1.82, 2.24) is 4.90 Å². The van der Waals surface area contributed by atoms with E-state index in [9.17, 15) is 26.8 Å². The van der Waals surface area contributed by atoms with Crippen LogP contribution in [0.4, 0.5) is 30.6 Å². The number of carbonyl (C=O) groups is 2. The average molecular weight is 655 g/mol. The maximum absolute atomic E-state index is 13.5. The fraction of sp³-hybridized carbons (Fsp3) is 0.548. The standard InChI is InChI=1S/C31H44F2N4O5S2/c1-30(2,3)42-29(39)37-19-17-36(18-20-37)24-12-15-27(35(5)44(6,40)41)26(22-24)28(38)34-23-10-13-25(14-11-23)43-21-9-7-8-16-31(4,32)33/h10-15,22H,7-9,16-21H2,1-6H3,(H,34,38). The second-order valence-electron chi connectivity index (χ2n) is 12.1. The van der Waals surface area contributed by atoms with E-state index in [2.05, 4.69) is 5.32 Å². The third-order valence-electron chi connectivity index (χ3n) is 7.00. The molecule has 2 aromatic carbocycles. The Kier molecular flexibility index (Phi) is 11.9. The van der Waals surface area contributed by atoms with Gasteiger partial charge in [-0.2, -0.15) is 0 Å². The summed E-state index contributed by atoms with van der Waals surface area (Å²) in [4.78, 5) is 30.7. The van der Waals surface area contributed by atoms with Gasteiger partial charge in [-0.05, 0) is 88.8 Å². The van der Waals surface area contributed by atoms with Gasteiger partial charge in [0, 0.05) is 55.9 Å². The number of hydrogen-bond donors (Lipinski definition) is 1. The first kappa shape index (κ1) is 35.4. The van der Waals surface area contributed by atoms with E-state index in [0.29, 0.717) is 38.3 Å². The molecule has 1 saturated heterocycles. The minimum Gasteiger partial charge on any atom is -0.444 e. The molecule has 0 bridgehead atoms. The van der Waals surface area contributed by atoms with E-state index in [0.717, 1.165) is 46.7 Å². The molecular weight excluding hydrogens is 610 g/mol. The van der Waals surface area contributed by atoms with Crippen molar-refractivity contribution >= 4 is 50.8 Å². The van der Waals surface area contributed by atoms with Crippen LogP contribution in [0.1, 0.15) is 63.7 Å². The highest BCUT2D eigenvalue weighted by atomic mass is 32.2. The highest BCUT2D eigenvalue weighted by molar-refractivity contribution is 7.99. The molecule has 0 atom stereocenters. The van der Waals surface area contributed by atoms with E-state index in [-0.39, 0.29) is 23.8 Å². The molecule has 13 heteroatoms. The highest BCUT2D eigenvalue weighted by Gasteiger charge is 2.27. The molecule has 1 N–H and O–H groups in total. The van der Waals surface area contributed by atoms with Gasteiger partial charge >= 0.3 is 6.09 Å². The Morgan fingerprint density at radius 2 is 1.61 bits per heavy atom. The van der Waals surface area contributed by atoms with Crippen LogP contribution in [0, 0.1) is 0 Å². The Morgan fingerprint density at radius 1 is 0.977 bits per heavy atom. The summed E-state index contributed by atoms with van der Waals surface area (Å²) in [5.74, 6) is -2.27. The summed E-state index contributed by atoms with van der Waals surface area (Å²) in [6, 6.07) is 12.4. The van der Waals surface area contributed by atoms with Gasteiger partial charge in [-0.15, -0.1) is 11.8 Å². The lowest BCUT2D eigenvalue weighted by molar-refractivity contribution is 0.0104. The molecule has 244 valence electrons. The number of benzene rings is 2. The van der Waals surface area contributed by atoms with Crippen molar-refractivity contribution in [2.24, 2.45) is 0 Å². The first-order valence-corrected chi connectivity index (χ1v) is 17.5. The summed E-state index contributed by atoms with van der Waals surface area (Å²) >= 11 is 1.62. The van der Waals surface area contributed by atoms with E-state index in [1.54, 1.807) is 47.0 Å². The number of ether oxygens (including phenoxy) is 1. The third-order valence-corrected chi connectivity index (χ3v) is 9.29. The summed E-state index contributed by atoms with van der Waals surface area (Å²) in [6.45, 7) is 8.34. The minimum absolute atomic E-state index is 0.0958. The molecule has 9 nitrogen and oxygen atoms in total. The second kappa shape index (κ2) is 14.8. The number of nitrogens with zero attached hydrogens (tertiary/aromatic N) is 3. The van der Waals surface area contributed by atoms with Crippen LogP contribution in [0.2, 0.25) is 0 Å². The lowest BCUT2D eigenvalue weighted by Crippen LogP contribution is -2.50. The SMILES string of the molecule is CN(c1ccc(N2CCN(C(=O)OC(C)(C)C)CC2)cc1C(=O)Nc1ccc(SCCCCCC(C)(F)F)cc1)S(C)(=O)=O. The molecule has 0 aliphatic carbocycles. The highest BCUT2D eigenvalue weighted by Crippen LogP contribution is 2.30. The third kappa shape index (κ3) is 11.1. The van der Waals surface area contributed by atoms with Crippen molar-refractivity contribution in [3.63, 3.8) is 0 Å². The molecule has 1 aliphatic heterocycles. The summed E-state index contributed by atoms with van der Waals surface area (Å²) < 4.78 is 57.2. The molecule has 0 spiro atoms. The Labute approximate surface area is 264 Å². The van der Waals surface area contributed by atoms with Gasteiger partial charge in [0.25, 0.3) is 5.91 Å². The van der Waals surface area contributed by atoms with Crippen molar-refractivity contribution in [3.8, 4) is 0 Å². The number of thioether (sulfide) groups is 1. The predicted octanol–water partition coefficient (Wildman–Crippen LogP) is 6.70. The molecule has 2 amide bonds. The van der Waals surface area contributed by atoms with Crippen LogP contribution in [0.15, 0.2) is 47.4 Å². The molecule has 1 fully saturated rings. The zero-order valence-corrected chi connectivity index (χ0v) is 28.0. The van der Waals surface area contributed by atoms with Gasteiger partial charge in [-0.3, -0.25) is 9.10 Å². The number of halogens is 2. The predicted molar refractivity (Wildman–Crippen MR) is 174 cm³/mol. The van der Waals surface area contributed by atoms with E-state index >= 15 is 0 Å². The van der Waals surface area contributed by atoms with Crippen LogP contribution in [-0.2, 0) is 14.8 Å². The van der Waals surface area contributed by atoms with Crippen molar-refractivity contribution < 1.29 is 31.5 Å². The molecule has 3 rings (SSSR count). The van der Waals surface area contributed by atoms with Crippen LogP contribution in [0.3, 0.4) is 0 Å². The van der Waals surface area contributed by atoms with Crippen molar-refractivity contribution in [2.75, 3.05) is 59.8 Å². The number of amides is 2. The van der Waals surface area contributed by atoms with Gasteiger partial charge in [0.15, 0.2) is 0 Å². The van der Waals surface area contributed by atoms with Crippen LogP contribution in [0.25, 0.3) is 0 Å². The molecule has 0 radical (unpaired) electrons. The average Bonchev–Trinajstić information content (AvgIpc) is 2.93. The number of piperazine rings is 1. The van der Waals surface area contributed by atoms with Gasteiger partial charge in [0.05, 0.1) is 17.5 Å². The Bertz CT molecular complexity index is 1390. The molecular formula is C31H44F2N4O5S2. The van der Waals surface area contributed by atoms with Crippen molar-refractivity contribution in [2.45, 2.75) is 69.8 Å². The number of carbonyl (C=O) groups excluding carboxylic acids is 2. The van der Waals surface area contributed by atoms with E-state index in [1.165, 1.54) is 7.05 Å². The summed E-state index contributed by atoms with van der Waals surface area (Å²) in [5.41, 5.74) is 1.14. The van der Waals surface area contributed by atoms with Crippen LogP contribution in [0.5, 0.6) is 0 Å². The van der Waals surface area contributed by atoms with Gasteiger partial charge in [0.1, 0.15) is 5.60 Å². The molecule has 0 unspecified atom stereocenters. The number of hydrogen-bond acceptors (Lipinski definition) is 7. The first-order valence-electron chi connectivity index (χ1n) is 14.7. The first-order chi connectivity index (χ1) is 20.4. The van der Waals surface area contributed by atoms with Gasteiger partial charge in [-0.25, -0.2) is 22.0 Å². The molecule has 0 aromatic heterocycles. The topological polar surface area (TPSA) is 99.3 Å². The van der Waals surface area contributed by atoms with Gasteiger partial charge in [-0.1, -0.05) is 6.42 Å². The minimum atomic E-state index is -3.64. The number of nitrogens with one attached hydrogen (secondary N) is 1. The van der Waals surface area contributed by atoms with Crippen LogP contribution >= 0.6 is 11.8 Å².